The Kier molecular flexibility index (Phi) is 6.43. The monoisotopic (exact) mass is 477 g/mol. The van der Waals surface area contributed by atoms with Crippen molar-refractivity contribution in [3.63, 3.8) is 0 Å². The molecule has 0 amide bonds. The Hall–Kier alpha value is -2.91. The summed E-state index contributed by atoms with van der Waals surface area (Å²) >= 11 is 0. The van der Waals surface area contributed by atoms with E-state index < -0.39 is 0 Å². The van der Waals surface area contributed by atoms with Gasteiger partial charge in [-0.15, -0.1) is 0 Å². The van der Waals surface area contributed by atoms with E-state index in [4.69, 9.17) is 19.7 Å². The van der Waals surface area contributed by atoms with Gasteiger partial charge < -0.3 is 29.5 Å². The van der Waals surface area contributed by atoms with Gasteiger partial charge in [-0.1, -0.05) is 12.8 Å². The molecule has 186 valence electrons. The van der Waals surface area contributed by atoms with Gasteiger partial charge in [-0.05, 0) is 56.4 Å². The molecule has 0 bridgehead atoms. The zero-order chi connectivity index (χ0) is 23.6. The van der Waals surface area contributed by atoms with Crippen molar-refractivity contribution < 1.29 is 9.84 Å². The molecule has 2 aromatic heterocycles. The Morgan fingerprint density at radius 3 is 2.49 bits per heavy atom. The first-order valence-electron chi connectivity index (χ1n) is 13.1. The van der Waals surface area contributed by atoms with Gasteiger partial charge in [-0.2, -0.15) is 9.97 Å². The van der Waals surface area contributed by atoms with E-state index in [0.717, 1.165) is 74.8 Å². The Bertz CT molecular complexity index is 1140. The molecule has 35 heavy (non-hydrogen) atoms. The van der Waals surface area contributed by atoms with Crippen LogP contribution in [-0.2, 0) is 4.74 Å². The number of hydrogen-bond donors (Lipinski definition) is 2. The van der Waals surface area contributed by atoms with E-state index in [0.29, 0.717) is 12.0 Å². The van der Waals surface area contributed by atoms with Gasteiger partial charge in [-0.3, -0.25) is 0 Å². The largest absolute Gasteiger partial charge is 0.394 e. The number of nitrogens with one attached hydrogen (secondary N) is 1. The molecule has 3 aliphatic rings. The summed E-state index contributed by atoms with van der Waals surface area (Å²) < 4.78 is 7.73. The number of piperidine rings is 1. The molecule has 3 aromatic rings. The summed E-state index contributed by atoms with van der Waals surface area (Å²) in [4.78, 5) is 19.3. The van der Waals surface area contributed by atoms with Crippen LogP contribution in [0.5, 0.6) is 0 Å². The molecule has 1 atom stereocenters. The number of rotatable bonds is 6. The maximum atomic E-state index is 10.0. The second-order valence-electron chi connectivity index (χ2n) is 9.93. The van der Waals surface area contributed by atoms with Crippen molar-refractivity contribution in [1.82, 2.24) is 19.5 Å². The lowest BCUT2D eigenvalue weighted by Crippen LogP contribution is -2.43. The third-order valence-corrected chi connectivity index (χ3v) is 7.73. The fraction of sp³-hybridized carbons (Fsp3) is 0.577. The molecule has 2 saturated heterocycles. The average Bonchev–Trinajstić information content (AvgIpc) is 3.60. The molecule has 1 saturated carbocycles. The second-order valence-corrected chi connectivity index (χ2v) is 9.93. The van der Waals surface area contributed by atoms with Crippen LogP contribution in [0.15, 0.2) is 30.6 Å². The van der Waals surface area contributed by atoms with E-state index in [1.165, 1.54) is 31.4 Å². The number of ether oxygens (including phenoxy) is 1. The number of aliphatic hydroxyl groups excluding tert-OH is 1. The van der Waals surface area contributed by atoms with Gasteiger partial charge in [0, 0.05) is 37.1 Å². The van der Waals surface area contributed by atoms with Crippen molar-refractivity contribution in [2.75, 3.05) is 54.6 Å². The van der Waals surface area contributed by atoms with Crippen LogP contribution >= 0.6 is 0 Å². The number of anilines is 4. The first-order valence-corrected chi connectivity index (χ1v) is 13.1. The Balaban J connectivity index is 1.35. The third kappa shape index (κ3) is 4.54. The molecule has 3 fully saturated rings. The molecule has 9 heteroatoms. The van der Waals surface area contributed by atoms with Crippen molar-refractivity contribution in [3.8, 4) is 0 Å². The molecule has 1 aromatic carbocycles. The van der Waals surface area contributed by atoms with Crippen LogP contribution < -0.4 is 15.1 Å². The Labute approximate surface area is 206 Å². The van der Waals surface area contributed by atoms with Crippen LogP contribution in [-0.4, -0.2) is 70.1 Å². The minimum absolute atomic E-state index is 0.0599. The summed E-state index contributed by atoms with van der Waals surface area (Å²) in [6, 6.07) is 9.00. The lowest BCUT2D eigenvalue weighted by molar-refractivity contribution is 0.122. The van der Waals surface area contributed by atoms with E-state index in [9.17, 15) is 5.11 Å². The van der Waals surface area contributed by atoms with Gasteiger partial charge in [0.25, 0.3) is 0 Å². The molecule has 2 N–H and O–H groups in total. The number of hydrogen-bond acceptors (Lipinski definition) is 8. The lowest BCUT2D eigenvalue weighted by Gasteiger charge is -2.34. The Morgan fingerprint density at radius 1 is 0.943 bits per heavy atom. The van der Waals surface area contributed by atoms with Gasteiger partial charge in [-0.25, -0.2) is 4.98 Å². The van der Waals surface area contributed by atoms with Gasteiger partial charge >= 0.3 is 0 Å². The fourth-order valence-corrected chi connectivity index (χ4v) is 5.74. The predicted octanol–water partition coefficient (Wildman–Crippen LogP) is 3.87. The minimum atomic E-state index is 0.0599. The molecule has 0 spiro atoms. The normalized spacial score (nSPS) is 21.7. The first kappa shape index (κ1) is 22.5. The number of aliphatic hydroxyl groups is 1. The van der Waals surface area contributed by atoms with Crippen molar-refractivity contribution in [2.45, 2.75) is 57.0 Å². The minimum Gasteiger partial charge on any atom is -0.394 e. The highest BCUT2D eigenvalue weighted by Gasteiger charge is 2.27. The van der Waals surface area contributed by atoms with E-state index in [2.05, 4.69) is 43.9 Å². The number of aromatic nitrogens is 4. The molecule has 1 unspecified atom stereocenters. The summed E-state index contributed by atoms with van der Waals surface area (Å²) in [5, 5.41) is 13.6. The van der Waals surface area contributed by atoms with Crippen LogP contribution in [0.3, 0.4) is 0 Å². The van der Waals surface area contributed by atoms with Crippen LogP contribution in [0.4, 0.5) is 23.1 Å². The second kappa shape index (κ2) is 9.99. The van der Waals surface area contributed by atoms with E-state index in [1.54, 1.807) is 0 Å². The molecular formula is C26H35N7O2. The maximum absolute atomic E-state index is 10.0. The molecule has 1 aliphatic carbocycles. The summed E-state index contributed by atoms with van der Waals surface area (Å²) in [6.45, 7) is 4.37. The van der Waals surface area contributed by atoms with Crippen molar-refractivity contribution in [2.24, 2.45) is 0 Å². The lowest BCUT2D eigenvalue weighted by atomic mass is 10.0. The first-order chi connectivity index (χ1) is 17.3. The Morgan fingerprint density at radius 2 is 1.71 bits per heavy atom. The van der Waals surface area contributed by atoms with Crippen LogP contribution in [0.2, 0.25) is 0 Å². The summed E-state index contributed by atoms with van der Waals surface area (Å²) in [5.41, 5.74) is 3.87. The number of benzene rings is 1. The van der Waals surface area contributed by atoms with Gasteiger partial charge in [0.15, 0.2) is 17.0 Å². The van der Waals surface area contributed by atoms with Crippen molar-refractivity contribution in [1.29, 1.82) is 0 Å². The quantitative estimate of drug-likeness (QED) is 0.553. The number of morpholine rings is 1. The van der Waals surface area contributed by atoms with Crippen molar-refractivity contribution in [3.05, 3.63) is 30.6 Å². The zero-order valence-corrected chi connectivity index (χ0v) is 20.3. The van der Waals surface area contributed by atoms with Crippen LogP contribution in [0, 0.1) is 0 Å². The molecule has 9 nitrogen and oxygen atoms in total. The highest BCUT2D eigenvalue weighted by atomic mass is 16.5. The molecule has 2 aliphatic heterocycles. The number of nitrogens with zero attached hydrogens (tertiary/aromatic N) is 6. The topological polar surface area (TPSA) is 91.6 Å². The third-order valence-electron chi connectivity index (χ3n) is 7.73. The molecule has 6 rings (SSSR count). The van der Waals surface area contributed by atoms with Gasteiger partial charge in [0.2, 0.25) is 5.95 Å². The average molecular weight is 478 g/mol. The van der Waals surface area contributed by atoms with Crippen molar-refractivity contribution >= 4 is 34.3 Å². The SMILES string of the molecule is OCC1CCCCN1c1nc(Nc2ccc(N3CCOCC3)cc2)c2ncn(C3CCCC3)c2n1. The standard InChI is InChI=1S/C26H35N7O2/c34-17-22-7-3-4-12-32(22)26-29-24(23-25(30-26)33(18-27-23)21-5-1-2-6-21)28-19-8-10-20(11-9-19)31-13-15-35-16-14-31/h8-11,18,21-22,34H,1-7,12-17H2,(H,28,29,30). The smallest absolute Gasteiger partial charge is 0.229 e. The van der Waals surface area contributed by atoms with Gasteiger partial charge in [0.05, 0.1) is 32.2 Å². The fourth-order valence-electron chi connectivity index (χ4n) is 5.74. The van der Waals surface area contributed by atoms with Crippen LogP contribution in [0.1, 0.15) is 51.0 Å². The van der Waals surface area contributed by atoms with E-state index in [1.807, 2.05) is 6.33 Å². The molecule has 0 radical (unpaired) electrons. The summed E-state index contributed by atoms with van der Waals surface area (Å²) in [5.74, 6) is 1.41. The predicted molar refractivity (Wildman–Crippen MR) is 138 cm³/mol. The van der Waals surface area contributed by atoms with Crippen LogP contribution in [0.25, 0.3) is 11.2 Å². The van der Waals surface area contributed by atoms with E-state index >= 15 is 0 Å². The summed E-state index contributed by atoms with van der Waals surface area (Å²) in [7, 11) is 0. The number of imidazole rings is 1. The van der Waals surface area contributed by atoms with Gasteiger partial charge in [0.1, 0.15) is 0 Å². The maximum Gasteiger partial charge on any atom is 0.229 e. The highest BCUT2D eigenvalue weighted by molar-refractivity contribution is 5.87. The molecule has 4 heterocycles. The molecular weight excluding hydrogens is 442 g/mol. The summed E-state index contributed by atoms with van der Waals surface area (Å²) in [6.07, 6.45) is 9.95. The number of fused-ring (bicyclic) bond motifs is 1. The van der Waals surface area contributed by atoms with E-state index in [-0.39, 0.29) is 12.6 Å². The highest BCUT2D eigenvalue weighted by Crippen LogP contribution is 2.35. The zero-order valence-electron chi connectivity index (χ0n) is 20.3.